The molecule has 1 aliphatic heterocycles. The Morgan fingerprint density at radius 1 is 0.862 bits per heavy atom. The molecule has 0 saturated carbocycles. The Balaban J connectivity index is 1.46. The van der Waals surface area contributed by atoms with Gasteiger partial charge in [0, 0.05) is 6.54 Å². The van der Waals surface area contributed by atoms with Gasteiger partial charge in [0.05, 0.1) is 16.8 Å². The van der Waals surface area contributed by atoms with Gasteiger partial charge in [0.25, 0.3) is 11.8 Å². The molecule has 1 heterocycles. The normalized spacial score (nSPS) is 11.8. The summed E-state index contributed by atoms with van der Waals surface area (Å²) >= 11 is 0. The number of benzene rings is 3. The molecule has 0 aromatic heterocycles. The van der Waals surface area contributed by atoms with Crippen LogP contribution in [0.25, 0.3) is 0 Å². The number of rotatable bonds is 5. The molecule has 0 unspecified atom stereocenters. The number of hydrogen-bond acceptors (Lipinski definition) is 4. The van der Waals surface area contributed by atoms with Crippen molar-refractivity contribution in [3.8, 4) is 11.5 Å². The number of anilines is 1. The predicted molar refractivity (Wildman–Crippen MR) is 105 cm³/mol. The van der Waals surface area contributed by atoms with Gasteiger partial charge in [0.15, 0.2) is 11.5 Å². The molecule has 0 aliphatic carbocycles. The Morgan fingerprint density at radius 3 is 2.41 bits per heavy atom. The first kappa shape index (κ1) is 18.5. The molecular formula is C22H17FN2O4. The predicted octanol–water partition coefficient (Wildman–Crippen LogP) is 3.74. The fourth-order valence-corrected chi connectivity index (χ4v) is 2.95. The summed E-state index contributed by atoms with van der Waals surface area (Å²) in [5.41, 5.74) is 1.32. The number of amides is 2. The first-order valence-corrected chi connectivity index (χ1v) is 8.93. The van der Waals surface area contributed by atoms with Crippen molar-refractivity contribution in [2.45, 2.75) is 6.54 Å². The molecule has 2 N–H and O–H groups in total. The van der Waals surface area contributed by atoms with Gasteiger partial charge >= 0.3 is 0 Å². The second-order valence-electron chi connectivity index (χ2n) is 6.35. The summed E-state index contributed by atoms with van der Waals surface area (Å²) in [5.74, 6) is -0.323. The van der Waals surface area contributed by atoms with Crippen molar-refractivity contribution in [1.82, 2.24) is 5.32 Å². The number of nitrogens with one attached hydrogen (secondary N) is 2. The van der Waals surface area contributed by atoms with Crippen molar-refractivity contribution >= 4 is 17.5 Å². The molecule has 3 aromatic rings. The van der Waals surface area contributed by atoms with Crippen molar-refractivity contribution in [2.75, 3.05) is 12.1 Å². The summed E-state index contributed by atoms with van der Waals surface area (Å²) in [6, 6.07) is 17.6. The lowest BCUT2D eigenvalue weighted by molar-refractivity contribution is 0.0951. The van der Waals surface area contributed by atoms with Crippen LogP contribution in [0.5, 0.6) is 11.5 Å². The van der Waals surface area contributed by atoms with E-state index in [0.717, 1.165) is 5.56 Å². The summed E-state index contributed by atoms with van der Waals surface area (Å²) in [6.45, 7) is 0.450. The second-order valence-corrected chi connectivity index (χ2v) is 6.35. The van der Waals surface area contributed by atoms with E-state index in [-0.39, 0.29) is 30.4 Å². The standard InChI is InChI=1S/C22H17FN2O4/c23-17-7-3-1-5-15(17)22(27)25-18-8-4-2-6-16(18)21(26)24-12-14-9-10-19-20(11-14)29-13-28-19/h1-11H,12-13H2,(H,24,26)(H,25,27). The Labute approximate surface area is 166 Å². The molecule has 6 nitrogen and oxygen atoms in total. The molecule has 4 rings (SSSR count). The molecule has 0 spiro atoms. The number of fused-ring (bicyclic) bond motifs is 1. The van der Waals surface area contributed by atoms with Gasteiger partial charge in [0.1, 0.15) is 5.82 Å². The molecule has 146 valence electrons. The van der Waals surface area contributed by atoms with Crippen molar-refractivity contribution in [3.05, 3.63) is 89.2 Å². The van der Waals surface area contributed by atoms with Crippen LogP contribution in [-0.4, -0.2) is 18.6 Å². The zero-order valence-corrected chi connectivity index (χ0v) is 15.3. The van der Waals surface area contributed by atoms with Gasteiger partial charge in [-0.1, -0.05) is 30.3 Å². The number of ether oxygens (including phenoxy) is 2. The van der Waals surface area contributed by atoms with Crippen LogP contribution in [-0.2, 0) is 6.54 Å². The second kappa shape index (κ2) is 8.02. The largest absolute Gasteiger partial charge is 0.454 e. The van der Waals surface area contributed by atoms with Gasteiger partial charge in [-0.25, -0.2) is 4.39 Å². The SMILES string of the molecule is O=C(Nc1ccccc1C(=O)NCc1ccc2c(c1)OCO2)c1ccccc1F. The van der Waals surface area contributed by atoms with E-state index in [2.05, 4.69) is 10.6 Å². The van der Waals surface area contributed by atoms with Crippen LogP contribution in [0, 0.1) is 5.82 Å². The maximum atomic E-state index is 13.8. The number of carbonyl (C=O) groups is 2. The molecule has 29 heavy (non-hydrogen) atoms. The van der Waals surface area contributed by atoms with E-state index in [9.17, 15) is 14.0 Å². The van der Waals surface area contributed by atoms with Gasteiger partial charge < -0.3 is 20.1 Å². The molecule has 0 atom stereocenters. The van der Waals surface area contributed by atoms with Gasteiger partial charge in [-0.2, -0.15) is 0 Å². The van der Waals surface area contributed by atoms with Gasteiger partial charge in [-0.3, -0.25) is 9.59 Å². The van der Waals surface area contributed by atoms with E-state index in [1.54, 1.807) is 42.5 Å². The highest BCUT2D eigenvalue weighted by Crippen LogP contribution is 2.32. The monoisotopic (exact) mass is 392 g/mol. The van der Waals surface area contributed by atoms with Crippen molar-refractivity contribution in [3.63, 3.8) is 0 Å². The van der Waals surface area contributed by atoms with E-state index in [0.29, 0.717) is 17.2 Å². The maximum absolute atomic E-state index is 13.8. The van der Waals surface area contributed by atoms with Gasteiger partial charge in [0.2, 0.25) is 6.79 Å². The molecule has 0 radical (unpaired) electrons. The molecule has 2 amide bonds. The van der Waals surface area contributed by atoms with E-state index >= 15 is 0 Å². The van der Waals surface area contributed by atoms with Crippen LogP contribution in [0.4, 0.5) is 10.1 Å². The summed E-state index contributed by atoms with van der Waals surface area (Å²) in [4.78, 5) is 25.1. The highest BCUT2D eigenvalue weighted by atomic mass is 19.1. The van der Waals surface area contributed by atoms with Crippen LogP contribution in [0.3, 0.4) is 0 Å². The van der Waals surface area contributed by atoms with Crippen LogP contribution in [0.1, 0.15) is 26.3 Å². The minimum Gasteiger partial charge on any atom is -0.454 e. The molecule has 7 heteroatoms. The van der Waals surface area contributed by atoms with E-state index < -0.39 is 11.7 Å². The Hall–Kier alpha value is -3.87. The van der Waals surface area contributed by atoms with Gasteiger partial charge in [-0.05, 0) is 42.0 Å². The first-order chi connectivity index (χ1) is 14.1. The minimum atomic E-state index is -0.630. The fraction of sp³-hybridized carbons (Fsp3) is 0.0909. The number of halogens is 1. The van der Waals surface area contributed by atoms with Crippen molar-refractivity contribution in [2.24, 2.45) is 0 Å². The quantitative estimate of drug-likeness (QED) is 0.694. The van der Waals surface area contributed by atoms with Crippen molar-refractivity contribution in [1.29, 1.82) is 0 Å². The topological polar surface area (TPSA) is 76.7 Å². The van der Waals surface area contributed by atoms with Crippen LogP contribution >= 0.6 is 0 Å². The van der Waals surface area contributed by atoms with Crippen LogP contribution < -0.4 is 20.1 Å². The highest BCUT2D eigenvalue weighted by molar-refractivity contribution is 6.09. The summed E-state index contributed by atoms with van der Waals surface area (Å²) < 4.78 is 24.4. The molecular weight excluding hydrogens is 375 g/mol. The Bertz CT molecular complexity index is 1080. The van der Waals surface area contributed by atoms with Crippen LogP contribution in [0.2, 0.25) is 0 Å². The Morgan fingerprint density at radius 2 is 1.59 bits per heavy atom. The van der Waals surface area contributed by atoms with Crippen molar-refractivity contribution < 1.29 is 23.5 Å². The van der Waals surface area contributed by atoms with E-state index in [4.69, 9.17) is 9.47 Å². The maximum Gasteiger partial charge on any atom is 0.258 e. The lowest BCUT2D eigenvalue weighted by atomic mass is 10.1. The summed E-state index contributed by atoms with van der Waals surface area (Å²) in [5, 5.41) is 5.41. The average molecular weight is 392 g/mol. The zero-order chi connectivity index (χ0) is 20.2. The smallest absolute Gasteiger partial charge is 0.258 e. The molecule has 3 aromatic carbocycles. The minimum absolute atomic E-state index is 0.0944. The highest BCUT2D eigenvalue weighted by Gasteiger charge is 2.17. The number of hydrogen-bond donors (Lipinski definition) is 2. The lowest BCUT2D eigenvalue weighted by Crippen LogP contribution is -2.25. The van der Waals surface area contributed by atoms with Gasteiger partial charge in [-0.15, -0.1) is 0 Å². The lowest BCUT2D eigenvalue weighted by Gasteiger charge is -2.12. The fourth-order valence-electron chi connectivity index (χ4n) is 2.95. The van der Waals surface area contributed by atoms with E-state index in [1.165, 1.54) is 18.2 Å². The third-order valence-corrected chi connectivity index (χ3v) is 4.43. The zero-order valence-electron chi connectivity index (χ0n) is 15.3. The molecule has 1 aliphatic rings. The third kappa shape index (κ3) is 4.03. The summed E-state index contributed by atoms with van der Waals surface area (Å²) in [7, 11) is 0. The number of carbonyl (C=O) groups excluding carboxylic acids is 2. The molecule has 0 fully saturated rings. The number of para-hydroxylation sites is 1. The first-order valence-electron chi connectivity index (χ1n) is 8.93. The average Bonchev–Trinajstić information content (AvgIpc) is 3.20. The Kier molecular flexibility index (Phi) is 5.11. The molecule has 0 saturated heterocycles. The molecule has 0 bridgehead atoms. The van der Waals surface area contributed by atoms with E-state index in [1.807, 2.05) is 6.07 Å². The summed E-state index contributed by atoms with van der Waals surface area (Å²) in [6.07, 6.45) is 0. The van der Waals surface area contributed by atoms with Crippen LogP contribution in [0.15, 0.2) is 66.7 Å². The third-order valence-electron chi connectivity index (χ3n) is 4.43.